The van der Waals surface area contributed by atoms with E-state index >= 15 is 0 Å². The summed E-state index contributed by atoms with van der Waals surface area (Å²) in [4.78, 5) is 0. The Morgan fingerprint density at radius 2 is 1.05 bits per heavy atom. The molecule has 0 radical (unpaired) electrons. The summed E-state index contributed by atoms with van der Waals surface area (Å²) < 4.78 is 0. The summed E-state index contributed by atoms with van der Waals surface area (Å²) in [5.41, 5.74) is 6.14. The van der Waals surface area contributed by atoms with Gasteiger partial charge in [0, 0.05) is 36.8 Å². The summed E-state index contributed by atoms with van der Waals surface area (Å²) in [5.74, 6) is 0.818. The van der Waals surface area contributed by atoms with Crippen LogP contribution in [0.15, 0.2) is 24.3 Å². The Kier molecular flexibility index (Phi) is 11.0. The van der Waals surface area contributed by atoms with Gasteiger partial charge >= 0.3 is 0 Å². The first-order valence-electron chi connectivity index (χ1n) is 15.3. The van der Waals surface area contributed by atoms with Crippen LogP contribution >= 0.6 is 0 Å². The lowest BCUT2D eigenvalue weighted by Gasteiger charge is -2.28. The lowest BCUT2D eigenvalue weighted by Crippen LogP contribution is -2.38. The van der Waals surface area contributed by atoms with Gasteiger partial charge in [0.1, 0.15) is 11.5 Å². The van der Waals surface area contributed by atoms with Gasteiger partial charge in [-0.3, -0.25) is 0 Å². The van der Waals surface area contributed by atoms with Gasteiger partial charge in [-0.15, -0.1) is 0 Å². The zero-order valence-corrected chi connectivity index (χ0v) is 28.0. The normalized spacial score (nSPS) is 14.0. The zero-order chi connectivity index (χ0) is 30.7. The average molecular weight is 553 g/mol. The second-order valence-electron chi connectivity index (χ2n) is 15.9. The second-order valence-corrected chi connectivity index (χ2v) is 15.9. The van der Waals surface area contributed by atoms with Gasteiger partial charge in [-0.05, 0) is 50.3 Å². The molecule has 0 heterocycles. The highest BCUT2D eigenvalue weighted by atomic mass is 16.3. The van der Waals surface area contributed by atoms with Crippen LogP contribution in [-0.2, 0) is 34.7 Å². The Bertz CT molecular complexity index is 1120. The summed E-state index contributed by atoms with van der Waals surface area (Å²) >= 11 is 0. The molecule has 1 atom stereocenters. The minimum Gasteiger partial charge on any atom is -0.507 e. The molecule has 40 heavy (non-hydrogen) atoms. The molecule has 2 aromatic rings. The molecule has 2 aromatic carbocycles. The van der Waals surface area contributed by atoms with Crippen LogP contribution in [-0.4, -0.2) is 22.8 Å². The molecule has 0 aliphatic heterocycles. The number of phenols is 2. The number of hydrogen-bond donors (Lipinski definition) is 4. The van der Waals surface area contributed by atoms with Crippen molar-refractivity contribution < 1.29 is 10.2 Å². The third kappa shape index (κ3) is 9.24. The highest BCUT2D eigenvalue weighted by Gasteiger charge is 2.26. The van der Waals surface area contributed by atoms with Crippen LogP contribution < -0.4 is 10.6 Å². The Labute approximate surface area is 246 Å². The highest BCUT2D eigenvalue weighted by molar-refractivity contribution is 5.49. The predicted molar refractivity (Wildman–Crippen MR) is 173 cm³/mol. The molecule has 0 aliphatic carbocycles. The molecule has 0 fully saturated rings. The van der Waals surface area contributed by atoms with Gasteiger partial charge in [0.05, 0.1) is 0 Å². The quantitative estimate of drug-likeness (QED) is 0.238. The van der Waals surface area contributed by atoms with Crippen LogP contribution in [0.5, 0.6) is 11.5 Å². The number of aromatic hydroxyl groups is 2. The summed E-state index contributed by atoms with van der Waals surface area (Å²) in [6, 6.07) is 8.95. The van der Waals surface area contributed by atoms with Crippen LogP contribution in [0.1, 0.15) is 143 Å². The van der Waals surface area contributed by atoms with Crippen molar-refractivity contribution in [3.05, 3.63) is 57.6 Å². The molecule has 1 unspecified atom stereocenters. The third-order valence-electron chi connectivity index (χ3n) is 7.92. The van der Waals surface area contributed by atoms with Crippen LogP contribution in [0, 0.1) is 0 Å². The largest absolute Gasteiger partial charge is 0.507 e. The zero-order valence-electron chi connectivity index (χ0n) is 28.0. The maximum Gasteiger partial charge on any atom is 0.123 e. The first-order chi connectivity index (χ1) is 18.2. The molecule has 2 rings (SSSR count). The molecule has 0 spiro atoms. The number of nitrogens with one attached hydrogen (secondary N) is 2. The van der Waals surface area contributed by atoms with Crippen molar-refractivity contribution in [2.45, 2.75) is 150 Å². The number of phenolic OH excluding ortho intramolecular Hbond substituents is 2. The molecule has 4 nitrogen and oxygen atoms in total. The molecule has 0 saturated heterocycles. The third-order valence-corrected chi connectivity index (χ3v) is 7.92. The highest BCUT2D eigenvalue weighted by Crippen LogP contribution is 2.39. The number of benzene rings is 2. The fourth-order valence-electron chi connectivity index (χ4n) is 5.03. The van der Waals surface area contributed by atoms with E-state index in [4.69, 9.17) is 0 Å². The van der Waals surface area contributed by atoms with Crippen molar-refractivity contribution in [3.63, 3.8) is 0 Å². The van der Waals surface area contributed by atoms with E-state index < -0.39 is 0 Å². The molecule has 0 amide bonds. The van der Waals surface area contributed by atoms with E-state index in [1.807, 2.05) is 0 Å². The van der Waals surface area contributed by atoms with Gasteiger partial charge in [-0.1, -0.05) is 127 Å². The number of unbranched alkanes of at least 4 members (excludes halogenated alkanes) is 1. The van der Waals surface area contributed by atoms with Crippen LogP contribution in [0.2, 0.25) is 0 Å². The number of hydrogen-bond acceptors (Lipinski definition) is 4. The molecule has 0 aromatic heterocycles. The summed E-state index contributed by atoms with van der Waals surface area (Å²) in [5, 5.41) is 29.9. The molecular formula is C36H60N2O2. The smallest absolute Gasteiger partial charge is 0.123 e. The monoisotopic (exact) mass is 552 g/mol. The van der Waals surface area contributed by atoms with Crippen LogP contribution in [0.3, 0.4) is 0 Å². The van der Waals surface area contributed by atoms with E-state index in [1.54, 1.807) is 0 Å². The van der Waals surface area contributed by atoms with Crippen molar-refractivity contribution in [3.8, 4) is 11.5 Å². The predicted octanol–water partition coefficient (Wildman–Crippen LogP) is 8.73. The number of rotatable bonds is 10. The topological polar surface area (TPSA) is 64.5 Å². The Morgan fingerprint density at radius 3 is 1.43 bits per heavy atom. The Hall–Kier alpha value is -2.04. The summed E-state index contributed by atoms with van der Waals surface area (Å²) in [7, 11) is 0. The summed E-state index contributed by atoms with van der Waals surface area (Å²) in [6.07, 6.45) is 3.33. The first-order valence-corrected chi connectivity index (χ1v) is 15.3. The Morgan fingerprint density at radius 1 is 0.625 bits per heavy atom. The van der Waals surface area contributed by atoms with Gasteiger partial charge in [0.2, 0.25) is 0 Å². The lowest BCUT2D eigenvalue weighted by molar-refractivity contribution is 0.408. The molecule has 4 N–H and O–H groups in total. The van der Waals surface area contributed by atoms with E-state index in [1.165, 1.54) is 11.1 Å². The van der Waals surface area contributed by atoms with Gasteiger partial charge in [-0.2, -0.15) is 0 Å². The second kappa shape index (κ2) is 12.9. The average Bonchev–Trinajstić information content (AvgIpc) is 2.79. The van der Waals surface area contributed by atoms with Crippen molar-refractivity contribution in [1.82, 2.24) is 10.6 Å². The molecule has 226 valence electrons. The fraction of sp³-hybridized carbons (Fsp3) is 0.667. The molecule has 0 bridgehead atoms. The van der Waals surface area contributed by atoms with Crippen molar-refractivity contribution in [2.75, 3.05) is 6.54 Å². The maximum atomic E-state index is 11.3. The van der Waals surface area contributed by atoms with Crippen molar-refractivity contribution >= 4 is 0 Å². The summed E-state index contributed by atoms with van der Waals surface area (Å²) in [6.45, 7) is 30.6. The first kappa shape index (κ1) is 34.2. The van der Waals surface area contributed by atoms with Crippen LogP contribution in [0.25, 0.3) is 0 Å². The van der Waals surface area contributed by atoms with Gasteiger partial charge in [-0.25, -0.2) is 0 Å². The van der Waals surface area contributed by atoms with E-state index in [-0.39, 0.29) is 27.7 Å². The SMILES string of the molecule is CCCCC(CNCc1cc(C(C)(C)C)cc(C(C)(C)C)c1O)NCc1cc(C(C)(C)C)cc(C(C)(C)C)c1O. The molecular weight excluding hydrogens is 492 g/mol. The van der Waals surface area contributed by atoms with Crippen LogP contribution in [0.4, 0.5) is 0 Å². The van der Waals surface area contributed by atoms with Crippen molar-refractivity contribution in [1.29, 1.82) is 0 Å². The molecule has 4 heteroatoms. The Balaban J connectivity index is 2.27. The van der Waals surface area contributed by atoms with Gasteiger partial charge in [0.15, 0.2) is 0 Å². The van der Waals surface area contributed by atoms with Crippen molar-refractivity contribution in [2.24, 2.45) is 0 Å². The molecule has 0 saturated carbocycles. The lowest BCUT2D eigenvalue weighted by atomic mass is 9.79. The maximum absolute atomic E-state index is 11.3. The minimum absolute atomic E-state index is 0.00111. The van der Waals surface area contributed by atoms with E-state index in [9.17, 15) is 10.2 Å². The van der Waals surface area contributed by atoms with E-state index in [2.05, 4.69) is 125 Å². The standard InChI is InChI=1S/C36H60N2O2/c1-14-15-16-28(38-22-25-18-27(34(5,6)7)20-30(32(25)40)36(11,12)13)23-37-21-24-17-26(33(2,3)4)19-29(31(24)39)35(8,9)10/h17-20,28,37-40H,14-16,21-23H2,1-13H3. The van der Waals surface area contributed by atoms with Gasteiger partial charge < -0.3 is 20.8 Å². The minimum atomic E-state index is -0.140. The fourth-order valence-corrected chi connectivity index (χ4v) is 5.03. The van der Waals surface area contributed by atoms with E-state index in [0.29, 0.717) is 24.6 Å². The van der Waals surface area contributed by atoms with Gasteiger partial charge in [0.25, 0.3) is 0 Å². The molecule has 0 aliphatic rings. The van der Waals surface area contributed by atoms with E-state index in [0.717, 1.165) is 48.1 Å².